The lowest BCUT2D eigenvalue weighted by Gasteiger charge is -2.24. The van der Waals surface area contributed by atoms with Crippen molar-refractivity contribution >= 4 is 22.6 Å². The van der Waals surface area contributed by atoms with Crippen LogP contribution in [0.25, 0.3) is 10.9 Å². The van der Waals surface area contributed by atoms with Crippen molar-refractivity contribution in [2.24, 2.45) is 5.92 Å². The fourth-order valence-electron chi connectivity index (χ4n) is 3.50. The van der Waals surface area contributed by atoms with Crippen molar-refractivity contribution in [3.63, 3.8) is 0 Å². The lowest BCUT2D eigenvalue weighted by molar-refractivity contribution is -0.127. The number of likely N-dealkylation sites (tertiary alicyclic amines) is 1. The van der Waals surface area contributed by atoms with E-state index in [2.05, 4.69) is 24.9 Å². The predicted octanol–water partition coefficient (Wildman–Crippen LogP) is 2.86. The lowest BCUT2D eigenvalue weighted by atomic mass is 10.1. The van der Waals surface area contributed by atoms with Gasteiger partial charge in [0.15, 0.2) is 0 Å². The zero-order valence-corrected chi connectivity index (χ0v) is 14.9. The molecule has 1 aromatic heterocycles. The van der Waals surface area contributed by atoms with Gasteiger partial charge in [-0.3, -0.25) is 4.79 Å². The summed E-state index contributed by atoms with van der Waals surface area (Å²) in [5.74, 6) is 2.54. The van der Waals surface area contributed by atoms with Gasteiger partial charge >= 0.3 is 0 Å². The van der Waals surface area contributed by atoms with E-state index in [0.717, 1.165) is 54.1 Å². The normalized spacial score (nSPS) is 17.3. The minimum absolute atomic E-state index is 0.175. The molecule has 0 saturated carbocycles. The predicted molar refractivity (Wildman–Crippen MR) is 96.7 cm³/mol. The summed E-state index contributed by atoms with van der Waals surface area (Å²) in [6.45, 7) is 6.38. The maximum absolute atomic E-state index is 11.5. The molecule has 1 atom stereocenters. The molecular weight excluding hydrogens is 302 g/mol. The van der Waals surface area contributed by atoms with Gasteiger partial charge in [0.1, 0.15) is 11.6 Å². The molecule has 24 heavy (non-hydrogen) atoms. The van der Waals surface area contributed by atoms with E-state index in [9.17, 15) is 4.79 Å². The first-order chi connectivity index (χ1) is 11.5. The Labute approximate surface area is 143 Å². The third-order valence-electron chi connectivity index (χ3n) is 4.81. The molecule has 3 rings (SSSR count). The summed E-state index contributed by atoms with van der Waals surface area (Å²) >= 11 is 0. The lowest BCUT2D eigenvalue weighted by Crippen LogP contribution is -2.30. The van der Waals surface area contributed by atoms with Crippen molar-refractivity contribution in [1.82, 2.24) is 9.88 Å². The molecule has 1 aliphatic rings. The van der Waals surface area contributed by atoms with Crippen molar-refractivity contribution in [3.8, 4) is 5.75 Å². The number of rotatable bonds is 4. The fraction of sp³-hybridized carbons (Fsp3) is 0.474. The average Bonchev–Trinajstić information content (AvgIpc) is 3.02. The molecule has 0 aliphatic carbocycles. The molecule has 1 fully saturated rings. The Balaban J connectivity index is 1.78. The highest BCUT2D eigenvalue weighted by molar-refractivity contribution is 5.83. The van der Waals surface area contributed by atoms with Crippen LogP contribution < -0.4 is 9.64 Å². The van der Waals surface area contributed by atoms with E-state index in [1.54, 1.807) is 14.0 Å². The second-order valence-corrected chi connectivity index (χ2v) is 6.69. The number of pyridine rings is 1. The maximum atomic E-state index is 11.5. The second-order valence-electron chi connectivity index (χ2n) is 6.69. The van der Waals surface area contributed by atoms with Crippen molar-refractivity contribution in [3.05, 3.63) is 29.8 Å². The molecule has 0 bridgehead atoms. The molecule has 0 radical (unpaired) electrons. The summed E-state index contributed by atoms with van der Waals surface area (Å²) in [6.07, 6.45) is 1.06. The zero-order valence-electron chi connectivity index (χ0n) is 14.9. The largest absolute Gasteiger partial charge is 0.497 e. The zero-order chi connectivity index (χ0) is 17.3. The number of aryl methyl sites for hydroxylation is 1. The van der Waals surface area contributed by atoms with E-state index >= 15 is 0 Å². The van der Waals surface area contributed by atoms with Gasteiger partial charge in [0, 0.05) is 39.0 Å². The van der Waals surface area contributed by atoms with Crippen LogP contribution in [0.4, 0.5) is 5.82 Å². The van der Waals surface area contributed by atoms with Crippen molar-refractivity contribution in [2.45, 2.75) is 20.3 Å². The first kappa shape index (κ1) is 16.6. The first-order valence-corrected chi connectivity index (χ1v) is 8.40. The number of ether oxygens (including phenoxy) is 1. The number of carbonyl (C=O) groups excluding carboxylic acids is 1. The molecule has 5 nitrogen and oxygen atoms in total. The highest BCUT2D eigenvalue weighted by atomic mass is 16.5. The Kier molecular flexibility index (Phi) is 4.60. The van der Waals surface area contributed by atoms with Gasteiger partial charge < -0.3 is 14.5 Å². The van der Waals surface area contributed by atoms with Gasteiger partial charge in [-0.1, -0.05) is 0 Å². The molecule has 1 amide bonds. The second kappa shape index (κ2) is 6.67. The number of hydrogen-bond donors (Lipinski definition) is 0. The van der Waals surface area contributed by atoms with E-state index in [1.165, 1.54) is 0 Å². The van der Waals surface area contributed by atoms with E-state index < -0.39 is 0 Å². The quantitative estimate of drug-likeness (QED) is 0.866. The van der Waals surface area contributed by atoms with E-state index in [0.29, 0.717) is 5.92 Å². The molecule has 5 heteroatoms. The monoisotopic (exact) mass is 327 g/mol. The third-order valence-corrected chi connectivity index (χ3v) is 4.81. The van der Waals surface area contributed by atoms with Gasteiger partial charge in [-0.2, -0.15) is 0 Å². The Bertz CT molecular complexity index is 760. The summed E-state index contributed by atoms with van der Waals surface area (Å²) < 4.78 is 5.29. The van der Waals surface area contributed by atoms with Crippen LogP contribution in [0.2, 0.25) is 0 Å². The molecule has 0 spiro atoms. The SMILES string of the molecule is COc1ccc2nc(N(C)C[C@@H]3CCN(C(C)=O)C3)c(C)cc2c1. The number of methoxy groups -OCH3 is 1. The number of carbonyl (C=O) groups is 1. The summed E-state index contributed by atoms with van der Waals surface area (Å²) in [7, 11) is 3.76. The molecule has 1 aromatic carbocycles. The summed E-state index contributed by atoms with van der Waals surface area (Å²) in [4.78, 5) is 20.5. The van der Waals surface area contributed by atoms with Crippen LogP contribution in [0.3, 0.4) is 0 Å². The van der Waals surface area contributed by atoms with Gasteiger partial charge in [0.05, 0.1) is 12.6 Å². The van der Waals surface area contributed by atoms with Gasteiger partial charge in [0.2, 0.25) is 5.91 Å². The summed E-state index contributed by atoms with van der Waals surface area (Å²) in [6, 6.07) is 8.11. The van der Waals surface area contributed by atoms with Crippen LogP contribution in [0.1, 0.15) is 18.9 Å². The molecule has 1 saturated heterocycles. The van der Waals surface area contributed by atoms with Crippen molar-refractivity contribution in [2.75, 3.05) is 38.7 Å². The number of fused-ring (bicyclic) bond motifs is 1. The van der Waals surface area contributed by atoms with Gasteiger partial charge in [-0.05, 0) is 49.1 Å². The molecule has 2 heterocycles. The minimum Gasteiger partial charge on any atom is -0.497 e. The molecule has 2 aromatic rings. The Morgan fingerprint density at radius 2 is 2.21 bits per heavy atom. The number of nitrogens with zero attached hydrogens (tertiary/aromatic N) is 3. The highest BCUT2D eigenvalue weighted by Gasteiger charge is 2.25. The first-order valence-electron chi connectivity index (χ1n) is 8.40. The van der Waals surface area contributed by atoms with Crippen LogP contribution in [0.5, 0.6) is 5.75 Å². The summed E-state index contributed by atoms with van der Waals surface area (Å²) in [5, 5.41) is 1.09. The number of benzene rings is 1. The molecular formula is C19H25N3O2. The van der Waals surface area contributed by atoms with Crippen LogP contribution in [0, 0.1) is 12.8 Å². The van der Waals surface area contributed by atoms with Crippen LogP contribution in [-0.2, 0) is 4.79 Å². The Morgan fingerprint density at radius 1 is 1.42 bits per heavy atom. The average molecular weight is 327 g/mol. The van der Waals surface area contributed by atoms with Crippen LogP contribution in [-0.4, -0.2) is 49.6 Å². The highest BCUT2D eigenvalue weighted by Crippen LogP contribution is 2.27. The molecule has 128 valence electrons. The summed E-state index contributed by atoms with van der Waals surface area (Å²) in [5.41, 5.74) is 2.12. The van der Waals surface area contributed by atoms with E-state index in [1.807, 2.05) is 23.1 Å². The maximum Gasteiger partial charge on any atom is 0.219 e. The third kappa shape index (κ3) is 3.30. The smallest absolute Gasteiger partial charge is 0.219 e. The Hall–Kier alpha value is -2.30. The fourth-order valence-corrected chi connectivity index (χ4v) is 3.50. The van der Waals surface area contributed by atoms with Gasteiger partial charge in [-0.25, -0.2) is 4.98 Å². The topological polar surface area (TPSA) is 45.7 Å². The van der Waals surface area contributed by atoms with Gasteiger partial charge in [0.25, 0.3) is 0 Å². The van der Waals surface area contributed by atoms with Crippen LogP contribution in [0.15, 0.2) is 24.3 Å². The minimum atomic E-state index is 0.175. The molecule has 0 N–H and O–H groups in total. The number of hydrogen-bond acceptors (Lipinski definition) is 4. The van der Waals surface area contributed by atoms with Crippen LogP contribution >= 0.6 is 0 Å². The van der Waals surface area contributed by atoms with E-state index in [-0.39, 0.29) is 5.91 Å². The van der Waals surface area contributed by atoms with E-state index in [4.69, 9.17) is 9.72 Å². The molecule has 1 aliphatic heterocycles. The standard InChI is InChI=1S/C19H25N3O2/c1-13-9-16-10-17(24-4)5-6-18(16)20-19(13)21(3)11-15-7-8-22(12-15)14(2)23/h5-6,9-10,15H,7-8,11-12H2,1-4H3/t15-/m0/s1. The van der Waals surface area contributed by atoms with Crippen molar-refractivity contribution < 1.29 is 9.53 Å². The van der Waals surface area contributed by atoms with Gasteiger partial charge in [-0.15, -0.1) is 0 Å². The Morgan fingerprint density at radius 3 is 2.88 bits per heavy atom. The van der Waals surface area contributed by atoms with Crippen molar-refractivity contribution in [1.29, 1.82) is 0 Å². The molecule has 0 unspecified atom stereocenters. The number of amides is 1. The number of anilines is 1. The number of aromatic nitrogens is 1.